The number of likely N-dealkylation sites (tertiary alicyclic amines) is 1. The highest BCUT2D eigenvalue weighted by atomic mass is 16.2. The summed E-state index contributed by atoms with van der Waals surface area (Å²) < 4.78 is 2.04. The average molecular weight is 277 g/mol. The maximum Gasteiger partial charge on any atom is 0.273 e. The molecule has 20 heavy (non-hydrogen) atoms. The van der Waals surface area contributed by atoms with E-state index in [0.717, 1.165) is 45.1 Å². The van der Waals surface area contributed by atoms with Crippen LogP contribution in [0.15, 0.2) is 6.20 Å². The lowest BCUT2D eigenvalue weighted by molar-refractivity contribution is 0.0768. The first kappa shape index (κ1) is 13.4. The molecule has 0 saturated carbocycles. The third kappa shape index (κ3) is 2.65. The molecule has 1 amide bonds. The second-order valence-electron chi connectivity index (χ2n) is 6.03. The molecular formula is C14H23N5O. The van der Waals surface area contributed by atoms with Crippen molar-refractivity contribution in [2.45, 2.75) is 19.4 Å². The Morgan fingerprint density at radius 2 is 2.40 bits per heavy atom. The van der Waals surface area contributed by atoms with Gasteiger partial charge in [-0.05, 0) is 32.4 Å². The molecule has 2 aliphatic heterocycles. The van der Waals surface area contributed by atoms with Crippen LogP contribution in [0.3, 0.4) is 0 Å². The van der Waals surface area contributed by atoms with Gasteiger partial charge < -0.3 is 19.7 Å². The minimum atomic E-state index is 0.0308. The fourth-order valence-corrected chi connectivity index (χ4v) is 3.12. The van der Waals surface area contributed by atoms with E-state index < -0.39 is 0 Å². The number of aryl methyl sites for hydroxylation is 1. The van der Waals surface area contributed by atoms with Crippen LogP contribution in [0.2, 0.25) is 0 Å². The molecule has 0 bridgehead atoms. The zero-order valence-corrected chi connectivity index (χ0v) is 12.3. The first-order chi connectivity index (χ1) is 9.63. The number of anilines is 1. The van der Waals surface area contributed by atoms with Gasteiger partial charge in [-0.15, -0.1) is 0 Å². The topological polar surface area (TPSA) is 53.4 Å². The molecule has 1 fully saturated rings. The number of nitrogens with zero attached hydrogens (tertiary/aromatic N) is 4. The Bertz CT molecular complexity index is 474. The quantitative estimate of drug-likeness (QED) is 0.884. The molecule has 0 radical (unpaired) electrons. The van der Waals surface area contributed by atoms with Crippen LogP contribution in [0.4, 0.5) is 5.95 Å². The third-order valence-corrected chi connectivity index (χ3v) is 4.22. The van der Waals surface area contributed by atoms with Crippen molar-refractivity contribution in [1.82, 2.24) is 19.4 Å². The number of amides is 1. The Morgan fingerprint density at radius 3 is 3.10 bits per heavy atom. The van der Waals surface area contributed by atoms with Crippen LogP contribution in [0.5, 0.6) is 0 Å². The number of imidazole rings is 1. The molecule has 0 spiro atoms. The predicted molar refractivity (Wildman–Crippen MR) is 77.9 cm³/mol. The van der Waals surface area contributed by atoms with Crippen molar-refractivity contribution in [3.05, 3.63) is 11.9 Å². The SMILES string of the molecule is CN1CCC(CN(C)C(=O)c2cn3c(n2)NCCC3)C1. The van der Waals surface area contributed by atoms with E-state index in [1.54, 1.807) is 0 Å². The summed E-state index contributed by atoms with van der Waals surface area (Å²) in [5.74, 6) is 1.45. The molecule has 1 aromatic heterocycles. The molecule has 6 nitrogen and oxygen atoms in total. The van der Waals surface area contributed by atoms with E-state index in [4.69, 9.17) is 0 Å². The van der Waals surface area contributed by atoms with Gasteiger partial charge in [0.1, 0.15) is 5.69 Å². The van der Waals surface area contributed by atoms with E-state index in [2.05, 4.69) is 22.2 Å². The monoisotopic (exact) mass is 277 g/mol. The first-order valence-corrected chi connectivity index (χ1v) is 7.38. The third-order valence-electron chi connectivity index (χ3n) is 4.22. The summed E-state index contributed by atoms with van der Waals surface area (Å²) in [6.07, 6.45) is 4.14. The molecule has 1 saturated heterocycles. The number of nitrogens with one attached hydrogen (secondary N) is 1. The van der Waals surface area contributed by atoms with Crippen molar-refractivity contribution >= 4 is 11.9 Å². The van der Waals surface area contributed by atoms with E-state index >= 15 is 0 Å². The lowest BCUT2D eigenvalue weighted by Gasteiger charge is -2.20. The average Bonchev–Trinajstić information content (AvgIpc) is 3.03. The molecule has 1 unspecified atom stereocenters. The van der Waals surface area contributed by atoms with Gasteiger partial charge >= 0.3 is 0 Å². The van der Waals surface area contributed by atoms with Crippen LogP contribution < -0.4 is 5.32 Å². The normalized spacial score (nSPS) is 22.4. The molecule has 1 N–H and O–H groups in total. The highest BCUT2D eigenvalue weighted by Gasteiger charge is 2.25. The van der Waals surface area contributed by atoms with Crippen LogP contribution >= 0.6 is 0 Å². The number of hydrogen-bond acceptors (Lipinski definition) is 4. The van der Waals surface area contributed by atoms with Gasteiger partial charge in [0.05, 0.1) is 0 Å². The maximum absolute atomic E-state index is 12.4. The molecule has 3 heterocycles. The van der Waals surface area contributed by atoms with Crippen LogP contribution in [0.1, 0.15) is 23.3 Å². The van der Waals surface area contributed by atoms with Crippen LogP contribution in [0, 0.1) is 5.92 Å². The number of carbonyl (C=O) groups excluding carboxylic acids is 1. The zero-order chi connectivity index (χ0) is 14.1. The molecule has 3 rings (SSSR count). The molecule has 0 aromatic carbocycles. The number of aromatic nitrogens is 2. The van der Waals surface area contributed by atoms with E-state index in [9.17, 15) is 4.79 Å². The van der Waals surface area contributed by atoms with Gasteiger partial charge in [0, 0.05) is 39.4 Å². The van der Waals surface area contributed by atoms with Gasteiger partial charge in [0.25, 0.3) is 5.91 Å². The fraction of sp³-hybridized carbons (Fsp3) is 0.714. The van der Waals surface area contributed by atoms with Gasteiger partial charge in [-0.3, -0.25) is 4.79 Å². The lowest BCUT2D eigenvalue weighted by atomic mass is 10.1. The summed E-state index contributed by atoms with van der Waals surface area (Å²) in [6, 6.07) is 0. The highest BCUT2D eigenvalue weighted by molar-refractivity contribution is 5.92. The zero-order valence-electron chi connectivity index (χ0n) is 12.3. The second-order valence-corrected chi connectivity index (χ2v) is 6.03. The van der Waals surface area contributed by atoms with Crippen molar-refractivity contribution in [1.29, 1.82) is 0 Å². The molecule has 1 aromatic rings. The van der Waals surface area contributed by atoms with Crippen molar-refractivity contribution in [2.75, 3.05) is 45.6 Å². The van der Waals surface area contributed by atoms with E-state index in [1.165, 1.54) is 6.42 Å². The number of rotatable bonds is 3. The first-order valence-electron chi connectivity index (χ1n) is 7.38. The predicted octanol–water partition coefficient (Wildman–Crippen LogP) is 0.722. The molecule has 6 heteroatoms. The Kier molecular flexibility index (Phi) is 3.65. The Hall–Kier alpha value is -1.56. The Labute approximate surface area is 119 Å². The molecule has 2 aliphatic rings. The minimum absolute atomic E-state index is 0.0308. The second kappa shape index (κ2) is 5.44. The van der Waals surface area contributed by atoms with E-state index in [0.29, 0.717) is 11.6 Å². The Morgan fingerprint density at radius 1 is 1.55 bits per heavy atom. The van der Waals surface area contributed by atoms with Crippen LogP contribution in [-0.2, 0) is 6.54 Å². The lowest BCUT2D eigenvalue weighted by Crippen LogP contribution is -2.33. The van der Waals surface area contributed by atoms with Crippen LogP contribution in [-0.4, -0.2) is 65.5 Å². The number of fused-ring (bicyclic) bond motifs is 1. The van der Waals surface area contributed by atoms with Crippen molar-refractivity contribution in [3.63, 3.8) is 0 Å². The Balaban J connectivity index is 1.64. The van der Waals surface area contributed by atoms with E-state index in [-0.39, 0.29) is 5.91 Å². The largest absolute Gasteiger partial charge is 0.356 e. The van der Waals surface area contributed by atoms with Gasteiger partial charge in [0.2, 0.25) is 5.95 Å². The van der Waals surface area contributed by atoms with E-state index in [1.807, 2.05) is 22.7 Å². The number of carbonyl (C=O) groups is 1. The van der Waals surface area contributed by atoms with Crippen molar-refractivity contribution < 1.29 is 4.79 Å². The summed E-state index contributed by atoms with van der Waals surface area (Å²) in [6.45, 7) is 4.92. The minimum Gasteiger partial charge on any atom is -0.356 e. The van der Waals surface area contributed by atoms with Gasteiger partial charge in [-0.1, -0.05) is 0 Å². The van der Waals surface area contributed by atoms with Gasteiger partial charge in [0.15, 0.2) is 0 Å². The summed E-state index contributed by atoms with van der Waals surface area (Å²) in [5.41, 5.74) is 0.559. The fourth-order valence-electron chi connectivity index (χ4n) is 3.12. The van der Waals surface area contributed by atoms with Gasteiger partial charge in [-0.2, -0.15) is 0 Å². The highest BCUT2D eigenvalue weighted by Crippen LogP contribution is 2.18. The van der Waals surface area contributed by atoms with Crippen molar-refractivity contribution in [2.24, 2.45) is 5.92 Å². The number of hydrogen-bond donors (Lipinski definition) is 1. The summed E-state index contributed by atoms with van der Waals surface area (Å²) in [4.78, 5) is 21.0. The summed E-state index contributed by atoms with van der Waals surface area (Å²) in [7, 11) is 4.02. The molecular weight excluding hydrogens is 254 g/mol. The molecule has 1 atom stereocenters. The maximum atomic E-state index is 12.4. The van der Waals surface area contributed by atoms with Crippen LogP contribution in [0.25, 0.3) is 0 Å². The molecule has 0 aliphatic carbocycles. The van der Waals surface area contributed by atoms with Gasteiger partial charge in [-0.25, -0.2) is 4.98 Å². The smallest absolute Gasteiger partial charge is 0.273 e. The standard InChI is InChI=1S/C14H23N5O/c1-17-7-4-11(8-17)9-18(2)13(20)12-10-19-6-3-5-15-14(19)16-12/h10-11H,3-9H2,1-2H3,(H,15,16). The summed E-state index contributed by atoms with van der Waals surface area (Å²) >= 11 is 0. The molecule has 110 valence electrons. The summed E-state index contributed by atoms with van der Waals surface area (Å²) in [5, 5.41) is 3.23. The van der Waals surface area contributed by atoms with Crippen molar-refractivity contribution in [3.8, 4) is 0 Å².